The zero-order valence-electron chi connectivity index (χ0n) is 12.6. The number of nitrogens with one attached hydrogen (secondary N) is 1. The van der Waals surface area contributed by atoms with Crippen LogP contribution in [0.25, 0.3) is 0 Å². The number of amides is 1. The third-order valence-corrected chi connectivity index (χ3v) is 3.49. The molecule has 21 heavy (non-hydrogen) atoms. The first-order valence-electron chi connectivity index (χ1n) is 6.61. The molecule has 1 heterocycles. The minimum Gasteiger partial charge on any atom is -0.492 e. The number of hydrogen-bond acceptors (Lipinski definition) is 4. The lowest BCUT2D eigenvalue weighted by atomic mass is 10.2. The van der Waals surface area contributed by atoms with Crippen LogP contribution in [0.5, 0.6) is 5.75 Å². The molecule has 1 unspecified atom stereocenters. The van der Waals surface area contributed by atoms with Gasteiger partial charge in [-0.25, -0.2) is 9.78 Å². The summed E-state index contributed by atoms with van der Waals surface area (Å²) in [5, 5.41) is 3.15. The van der Waals surface area contributed by atoms with Crippen molar-refractivity contribution in [3.63, 3.8) is 0 Å². The highest BCUT2D eigenvalue weighted by Crippen LogP contribution is 2.24. The molecule has 1 atom stereocenters. The van der Waals surface area contributed by atoms with Gasteiger partial charge in [0, 0.05) is 12.5 Å². The van der Waals surface area contributed by atoms with E-state index in [9.17, 15) is 4.79 Å². The SMILES string of the molecule is CC(CCOc1cnc(Cl)c(Br)c1)NC(=O)OC(C)(C)C. The Morgan fingerprint density at radius 3 is 2.76 bits per heavy atom. The van der Waals surface area contributed by atoms with Crippen LogP contribution in [0, 0.1) is 0 Å². The Balaban J connectivity index is 2.31. The monoisotopic (exact) mass is 378 g/mol. The average Bonchev–Trinajstić information content (AvgIpc) is 2.31. The number of carbonyl (C=O) groups is 1. The summed E-state index contributed by atoms with van der Waals surface area (Å²) < 4.78 is 11.4. The summed E-state index contributed by atoms with van der Waals surface area (Å²) in [6.07, 6.45) is 1.78. The summed E-state index contributed by atoms with van der Waals surface area (Å²) >= 11 is 9.08. The number of rotatable bonds is 5. The van der Waals surface area contributed by atoms with Crippen LogP contribution in [0.1, 0.15) is 34.1 Å². The fraction of sp³-hybridized carbons (Fsp3) is 0.571. The highest BCUT2D eigenvalue weighted by molar-refractivity contribution is 9.10. The molecule has 1 aromatic heterocycles. The Labute approximate surface area is 138 Å². The number of alkyl carbamates (subject to hydrolysis) is 1. The second-order valence-corrected chi connectivity index (χ2v) is 6.84. The Morgan fingerprint density at radius 2 is 2.19 bits per heavy atom. The molecule has 0 aliphatic rings. The molecule has 0 radical (unpaired) electrons. The van der Waals surface area contributed by atoms with E-state index in [2.05, 4.69) is 26.2 Å². The van der Waals surface area contributed by atoms with Crippen LogP contribution in [0.2, 0.25) is 5.15 Å². The minimum atomic E-state index is -0.498. The number of pyridine rings is 1. The molecule has 0 aromatic carbocycles. The number of carbonyl (C=O) groups excluding carboxylic acids is 1. The van der Waals surface area contributed by atoms with Crippen molar-refractivity contribution in [2.24, 2.45) is 0 Å². The summed E-state index contributed by atoms with van der Waals surface area (Å²) in [7, 11) is 0. The molecule has 0 saturated carbocycles. The van der Waals surface area contributed by atoms with Gasteiger partial charge in [0.25, 0.3) is 0 Å². The summed E-state index contributed by atoms with van der Waals surface area (Å²) in [5.74, 6) is 0.621. The standard InChI is InChI=1S/C14H20BrClN2O3/c1-9(18-13(19)21-14(2,3)4)5-6-20-10-7-11(15)12(16)17-8-10/h7-9H,5-6H2,1-4H3,(H,18,19). The minimum absolute atomic E-state index is 0.0523. The van der Waals surface area contributed by atoms with Gasteiger partial charge in [0.1, 0.15) is 16.5 Å². The van der Waals surface area contributed by atoms with Crippen LogP contribution < -0.4 is 10.1 Å². The third-order valence-electron chi connectivity index (χ3n) is 2.35. The van der Waals surface area contributed by atoms with Crippen LogP contribution in [0.4, 0.5) is 4.79 Å². The zero-order chi connectivity index (χ0) is 16.0. The second-order valence-electron chi connectivity index (χ2n) is 5.63. The maximum absolute atomic E-state index is 11.6. The van der Waals surface area contributed by atoms with E-state index in [4.69, 9.17) is 21.1 Å². The van der Waals surface area contributed by atoms with Crippen LogP contribution >= 0.6 is 27.5 Å². The highest BCUT2D eigenvalue weighted by Gasteiger charge is 2.17. The van der Waals surface area contributed by atoms with Gasteiger partial charge in [-0.2, -0.15) is 0 Å². The van der Waals surface area contributed by atoms with E-state index < -0.39 is 11.7 Å². The largest absolute Gasteiger partial charge is 0.492 e. The number of ether oxygens (including phenoxy) is 2. The van der Waals surface area contributed by atoms with Crippen molar-refractivity contribution in [3.8, 4) is 5.75 Å². The third kappa shape index (κ3) is 7.52. The molecule has 7 heteroatoms. The van der Waals surface area contributed by atoms with Gasteiger partial charge < -0.3 is 14.8 Å². The molecule has 5 nitrogen and oxygen atoms in total. The normalized spacial score (nSPS) is 12.7. The van der Waals surface area contributed by atoms with Crippen LogP contribution in [0.15, 0.2) is 16.7 Å². The molecule has 1 rings (SSSR count). The molecule has 1 amide bonds. The molecule has 0 bridgehead atoms. The first kappa shape index (κ1) is 18.0. The molecule has 1 aromatic rings. The van der Waals surface area contributed by atoms with Gasteiger partial charge in [-0.3, -0.25) is 0 Å². The van der Waals surface area contributed by atoms with Crippen molar-refractivity contribution < 1.29 is 14.3 Å². The van der Waals surface area contributed by atoms with E-state index in [0.717, 1.165) is 0 Å². The van der Waals surface area contributed by atoms with Crippen molar-refractivity contribution >= 4 is 33.6 Å². The zero-order valence-corrected chi connectivity index (χ0v) is 14.9. The molecular weight excluding hydrogens is 360 g/mol. The summed E-state index contributed by atoms with van der Waals surface area (Å²) in [5.41, 5.74) is -0.498. The summed E-state index contributed by atoms with van der Waals surface area (Å²) in [6, 6.07) is 1.70. The van der Waals surface area contributed by atoms with Gasteiger partial charge in [0.2, 0.25) is 0 Å². The van der Waals surface area contributed by atoms with Gasteiger partial charge in [-0.15, -0.1) is 0 Å². The molecule has 0 saturated heterocycles. The fourth-order valence-corrected chi connectivity index (χ4v) is 1.85. The highest BCUT2D eigenvalue weighted by atomic mass is 79.9. The van der Waals surface area contributed by atoms with Crippen molar-refractivity contribution in [3.05, 3.63) is 21.9 Å². The number of hydrogen-bond donors (Lipinski definition) is 1. The lowest BCUT2D eigenvalue weighted by molar-refractivity contribution is 0.0503. The van der Waals surface area contributed by atoms with E-state index in [-0.39, 0.29) is 6.04 Å². The number of nitrogens with zero attached hydrogens (tertiary/aromatic N) is 1. The van der Waals surface area contributed by atoms with Crippen molar-refractivity contribution in [2.75, 3.05) is 6.61 Å². The lowest BCUT2D eigenvalue weighted by Gasteiger charge is -2.22. The number of aromatic nitrogens is 1. The van der Waals surface area contributed by atoms with Crippen molar-refractivity contribution in [2.45, 2.75) is 45.8 Å². The summed E-state index contributed by atoms with van der Waals surface area (Å²) in [4.78, 5) is 15.5. The average molecular weight is 380 g/mol. The molecule has 1 N–H and O–H groups in total. The first-order valence-corrected chi connectivity index (χ1v) is 7.78. The van der Waals surface area contributed by atoms with Crippen molar-refractivity contribution in [1.29, 1.82) is 0 Å². The molecule has 118 valence electrons. The Bertz CT molecular complexity index is 492. The molecular formula is C14H20BrClN2O3. The molecule has 0 fully saturated rings. The predicted molar refractivity (Wildman–Crippen MR) is 85.9 cm³/mol. The van der Waals surface area contributed by atoms with E-state index >= 15 is 0 Å². The van der Waals surface area contributed by atoms with E-state index in [1.807, 2.05) is 27.7 Å². The quantitative estimate of drug-likeness (QED) is 0.780. The van der Waals surface area contributed by atoms with Crippen LogP contribution in [-0.4, -0.2) is 29.3 Å². The van der Waals surface area contributed by atoms with E-state index in [1.54, 1.807) is 12.3 Å². The smallest absolute Gasteiger partial charge is 0.407 e. The lowest BCUT2D eigenvalue weighted by Crippen LogP contribution is -2.38. The number of halogens is 2. The van der Waals surface area contributed by atoms with Gasteiger partial charge in [0.15, 0.2) is 0 Å². The molecule has 0 spiro atoms. The van der Waals surface area contributed by atoms with Gasteiger partial charge in [-0.1, -0.05) is 11.6 Å². The fourth-order valence-electron chi connectivity index (χ4n) is 1.42. The van der Waals surface area contributed by atoms with Crippen LogP contribution in [-0.2, 0) is 4.74 Å². The Hall–Kier alpha value is -1.01. The summed E-state index contributed by atoms with van der Waals surface area (Å²) in [6.45, 7) is 7.82. The van der Waals surface area contributed by atoms with E-state index in [1.165, 1.54) is 0 Å². The maximum Gasteiger partial charge on any atom is 0.407 e. The topological polar surface area (TPSA) is 60.5 Å². The first-order chi connectivity index (χ1) is 9.67. The molecule has 0 aliphatic heterocycles. The Kier molecular flexibility index (Phi) is 6.74. The predicted octanol–water partition coefficient (Wildman–Crippen LogP) is 4.18. The van der Waals surface area contributed by atoms with Crippen LogP contribution in [0.3, 0.4) is 0 Å². The van der Waals surface area contributed by atoms with Crippen molar-refractivity contribution in [1.82, 2.24) is 10.3 Å². The maximum atomic E-state index is 11.6. The van der Waals surface area contributed by atoms with Gasteiger partial charge >= 0.3 is 6.09 Å². The Morgan fingerprint density at radius 1 is 1.52 bits per heavy atom. The second kappa shape index (κ2) is 7.84. The van der Waals surface area contributed by atoms with E-state index in [0.29, 0.717) is 28.4 Å². The molecule has 0 aliphatic carbocycles. The van der Waals surface area contributed by atoms with Gasteiger partial charge in [-0.05, 0) is 49.7 Å². The van der Waals surface area contributed by atoms with Gasteiger partial charge in [0.05, 0.1) is 17.3 Å².